The van der Waals surface area contributed by atoms with Gasteiger partial charge in [0.2, 0.25) is 0 Å². The molecule has 0 spiro atoms. The van der Waals surface area contributed by atoms with Gasteiger partial charge < -0.3 is 10.8 Å². The van der Waals surface area contributed by atoms with Crippen LogP contribution in [0.25, 0.3) is 0 Å². The Morgan fingerprint density at radius 2 is 2.42 bits per heavy atom. The van der Waals surface area contributed by atoms with E-state index in [0.29, 0.717) is 6.54 Å². The molecule has 0 saturated carbocycles. The first-order valence-corrected chi connectivity index (χ1v) is 4.64. The number of rotatable bonds is 3. The Balaban J connectivity index is 2.78. The molecule has 0 amide bonds. The van der Waals surface area contributed by atoms with E-state index in [2.05, 4.69) is 4.37 Å². The van der Waals surface area contributed by atoms with Crippen molar-refractivity contribution in [3.63, 3.8) is 0 Å². The number of hydrogen-bond acceptors (Lipinski definition) is 4. The number of aromatic nitrogens is 1. The minimum absolute atomic E-state index is 0.271. The highest BCUT2D eigenvalue weighted by Crippen LogP contribution is 2.33. The fourth-order valence-electron chi connectivity index (χ4n) is 0.863. The number of aliphatic hydroxyl groups is 1. The van der Waals surface area contributed by atoms with Crippen molar-refractivity contribution in [1.82, 2.24) is 4.37 Å². The lowest BCUT2D eigenvalue weighted by atomic mass is 9.86. The Morgan fingerprint density at radius 3 is 2.83 bits per heavy atom. The number of nitrogens with zero attached hydrogens (tertiary/aromatic N) is 1. The third kappa shape index (κ3) is 1.83. The molecule has 0 aliphatic carbocycles. The maximum absolute atomic E-state index is 9.83. The Kier molecular flexibility index (Phi) is 2.82. The van der Waals surface area contributed by atoms with E-state index in [-0.39, 0.29) is 5.41 Å². The molecule has 1 aromatic heterocycles. The molecule has 68 valence electrons. The molecule has 12 heavy (non-hydrogen) atoms. The molecule has 0 radical (unpaired) electrons. The van der Waals surface area contributed by atoms with Crippen molar-refractivity contribution >= 4 is 11.5 Å². The molecule has 0 saturated heterocycles. The van der Waals surface area contributed by atoms with Crippen LogP contribution in [0.15, 0.2) is 12.3 Å². The smallest absolute Gasteiger partial charge is 0.0960 e. The molecule has 1 heterocycles. The summed E-state index contributed by atoms with van der Waals surface area (Å²) in [7, 11) is 0. The molecule has 1 aromatic rings. The highest BCUT2D eigenvalue weighted by molar-refractivity contribution is 7.05. The van der Waals surface area contributed by atoms with Crippen LogP contribution in [-0.4, -0.2) is 16.0 Å². The molecular formula is C8H14N2OS. The Morgan fingerprint density at radius 1 is 1.75 bits per heavy atom. The van der Waals surface area contributed by atoms with Crippen molar-refractivity contribution in [3.8, 4) is 0 Å². The van der Waals surface area contributed by atoms with Crippen molar-refractivity contribution in [2.75, 3.05) is 6.54 Å². The van der Waals surface area contributed by atoms with Crippen LogP contribution in [0, 0.1) is 5.41 Å². The standard InChI is InChI=1S/C8H14N2OS/c1-8(2,5-9)7(11)6-3-4-10-12-6/h3-4,7,11H,5,9H2,1-2H3. The second-order valence-corrected chi connectivity index (χ2v) is 4.37. The summed E-state index contributed by atoms with van der Waals surface area (Å²) < 4.78 is 3.93. The summed E-state index contributed by atoms with van der Waals surface area (Å²) in [5, 5.41) is 9.83. The summed E-state index contributed by atoms with van der Waals surface area (Å²) in [6.45, 7) is 4.35. The summed E-state index contributed by atoms with van der Waals surface area (Å²) >= 11 is 1.32. The zero-order valence-corrected chi connectivity index (χ0v) is 8.14. The Labute approximate surface area is 76.4 Å². The third-order valence-corrected chi connectivity index (χ3v) is 2.79. The van der Waals surface area contributed by atoms with Gasteiger partial charge in [-0.05, 0) is 17.6 Å². The highest BCUT2D eigenvalue weighted by Gasteiger charge is 2.28. The lowest BCUT2D eigenvalue weighted by Crippen LogP contribution is -2.30. The normalized spacial score (nSPS) is 14.7. The van der Waals surface area contributed by atoms with E-state index >= 15 is 0 Å². The number of aliphatic hydroxyl groups excluding tert-OH is 1. The zero-order valence-electron chi connectivity index (χ0n) is 7.32. The van der Waals surface area contributed by atoms with Gasteiger partial charge in [0.25, 0.3) is 0 Å². The van der Waals surface area contributed by atoms with Crippen LogP contribution in [0.5, 0.6) is 0 Å². The summed E-state index contributed by atoms with van der Waals surface area (Å²) in [5.41, 5.74) is 5.27. The van der Waals surface area contributed by atoms with E-state index < -0.39 is 6.10 Å². The zero-order chi connectivity index (χ0) is 9.19. The van der Waals surface area contributed by atoms with Gasteiger partial charge in [0, 0.05) is 18.2 Å². The van der Waals surface area contributed by atoms with Crippen LogP contribution in [-0.2, 0) is 0 Å². The van der Waals surface area contributed by atoms with Crippen LogP contribution in [0.2, 0.25) is 0 Å². The topological polar surface area (TPSA) is 59.1 Å². The summed E-state index contributed by atoms with van der Waals surface area (Å²) in [5.74, 6) is 0. The largest absolute Gasteiger partial charge is 0.387 e. The Bertz CT molecular complexity index is 233. The van der Waals surface area contributed by atoms with E-state index in [9.17, 15) is 5.11 Å². The van der Waals surface area contributed by atoms with Crippen molar-refractivity contribution in [3.05, 3.63) is 17.1 Å². The first kappa shape index (κ1) is 9.64. The molecule has 0 aromatic carbocycles. The third-order valence-electron chi connectivity index (χ3n) is 1.99. The van der Waals surface area contributed by atoms with E-state index in [4.69, 9.17) is 5.73 Å². The van der Waals surface area contributed by atoms with Gasteiger partial charge >= 0.3 is 0 Å². The molecule has 0 bridgehead atoms. The minimum atomic E-state index is -0.505. The molecular weight excluding hydrogens is 172 g/mol. The van der Waals surface area contributed by atoms with Gasteiger partial charge in [-0.2, -0.15) is 0 Å². The van der Waals surface area contributed by atoms with Gasteiger partial charge in [0.1, 0.15) is 0 Å². The quantitative estimate of drug-likeness (QED) is 0.744. The van der Waals surface area contributed by atoms with E-state index in [1.807, 2.05) is 19.9 Å². The van der Waals surface area contributed by atoms with Crippen molar-refractivity contribution < 1.29 is 5.11 Å². The molecule has 1 rings (SSSR count). The van der Waals surface area contributed by atoms with Crippen LogP contribution in [0.1, 0.15) is 24.8 Å². The number of hydrogen-bond donors (Lipinski definition) is 2. The maximum Gasteiger partial charge on any atom is 0.0960 e. The molecule has 3 nitrogen and oxygen atoms in total. The molecule has 4 heteroatoms. The van der Waals surface area contributed by atoms with E-state index in [1.54, 1.807) is 6.20 Å². The maximum atomic E-state index is 9.83. The molecule has 1 atom stereocenters. The Hall–Kier alpha value is -0.450. The van der Waals surface area contributed by atoms with Crippen LogP contribution >= 0.6 is 11.5 Å². The van der Waals surface area contributed by atoms with Gasteiger partial charge in [-0.15, -0.1) is 0 Å². The monoisotopic (exact) mass is 186 g/mol. The fraction of sp³-hybridized carbons (Fsp3) is 0.625. The van der Waals surface area contributed by atoms with Crippen molar-refractivity contribution in [2.45, 2.75) is 20.0 Å². The minimum Gasteiger partial charge on any atom is -0.387 e. The van der Waals surface area contributed by atoms with Crippen molar-refractivity contribution in [2.24, 2.45) is 11.1 Å². The molecule has 0 fully saturated rings. The van der Waals surface area contributed by atoms with Gasteiger partial charge in [-0.25, -0.2) is 4.37 Å². The fourth-order valence-corrected chi connectivity index (χ4v) is 1.65. The summed E-state index contributed by atoms with van der Waals surface area (Å²) in [6, 6.07) is 1.83. The molecule has 0 aliphatic rings. The average Bonchev–Trinajstić information content (AvgIpc) is 2.55. The van der Waals surface area contributed by atoms with E-state index in [1.165, 1.54) is 11.5 Å². The summed E-state index contributed by atoms with van der Waals surface area (Å²) in [4.78, 5) is 0.880. The molecule has 0 aliphatic heterocycles. The van der Waals surface area contributed by atoms with Crippen LogP contribution < -0.4 is 5.73 Å². The van der Waals surface area contributed by atoms with Gasteiger partial charge in [-0.3, -0.25) is 0 Å². The average molecular weight is 186 g/mol. The number of nitrogens with two attached hydrogens (primary N) is 1. The second-order valence-electron chi connectivity index (χ2n) is 3.51. The predicted molar refractivity (Wildman–Crippen MR) is 49.9 cm³/mol. The molecule has 3 N–H and O–H groups in total. The lowest BCUT2D eigenvalue weighted by Gasteiger charge is -2.27. The predicted octanol–water partition coefficient (Wildman–Crippen LogP) is 1.16. The van der Waals surface area contributed by atoms with Crippen molar-refractivity contribution in [1.29, 1.82) is 0 Å². The summed E-state index contributed by atoms with van der Waals surface area (Å²) in [6.07, 6.45) is 1.19. The first-order valence-electron chi connectivity index (χ1n) is 3.86. The van der Waals surface area contributed by atoms with Crippen LogP contribution in [0.4, 0.5) is 0 Å². The highest BCUT2D eigenvalue weighted by atomic mass is 32.1. The lowest BCUT2D eigenvalue weighted by molar-refractivity contribution is 0.0586. The first-order chi connectivity index (χ1) is 5.58. The van der Waals surface area contributed by atoms with Gasteiger partial charge in [-0.1, -0.05) is 13.8 Å². The van der Waals surface area contributed by atoms with E-state index in [0.717, 1.165) is 4.88 Å². The van der Waals surface area contributed by atoms with Gasteiger partial charge in [0.05, 0.1) is 11.0 Å². The second kappa shape index (κ2) is 3.51. The SMILES string of the molecule is CC(C)(CN)C(O)c1ccns1. The van der Waals surface area contributed by atoms with Crippen LogP contribution in [0.3, 0.4) is 0 Å². The van der Waals surface area contributed by atoms with Gasteiger partial charge in [0.15, 0.2) is 0 Å². The molecule has 1 unspecified atom stereocenters.